The maximum Gasteiger partial charge on any atom is 0.345 e. The number of fused-ring (bicyclic) bond motifs is 1. The van der Waals surface area contributed by atoms with Crippen LogP contribution in [0.25, 0.3) is 0 Å². The molecule has 0 aromatic carbocycles. The topological polar surface area (TPSA) is 66.6 Å². The summed E-state index contributed by atoms with van der Waals surface area (Å²) in [4.78, 5) is 14.3. The Morgan fingerprint density at radius 1 is 1.52 bits per heavy atom. The van der Waals surface area contributed by atoms with Crippen molar-refractivity contribution in [3.05, 3.63) is 38.9 Å². The van der Waals surface area contributed by atoms with Gasteiger partial charge in [-0.25, -0.2) is 13.6 Å². The third kappa shape index (κ3) is 2.96. The van der Waals surface area contributed by atoms with Crippen molar-refractivity contribution in [3.63, 3.8) is 0 Å². The van der Waals surface area contributed by atoms with Gasteiger partial charge in [0.2, 0.25) is 5.76 Å². The minimum atomic E-state index is -2.66. The van der Waals surface area contributed by atoms with E-state index in [1.165, 1.54) is 17.4 Å². The molecule has 21 heavy (non-hydrogen) atoms. The van der Waals surface area contributed by atoms with Gasteiger partial charge < -0.3 is 9.63 Å². The molecule has 0 atom stereocenters. The first-order chi connectivity index (χ1) is 10.0. The molecule has 1 aliphatic heterocycles. The molecule has 0 spiro atoms. The van der Waals surface area contributed by atoms with Crippen molar-refractivity contribution < 1.29 is 23.2 Å². The van der Waals surface area contributed by atoms with Crippen molar-refractivity contribution in [1.82, 2.24) is 10.1 Å². The van der Waals surface area contributed by atoms with E-state index in [1.807, 2.05) is 4.90 Å². The SMILES string of the molecule is O=C(O)c1cc2c(s1)CN(Cc1cc(C(F)F)on1)CC2. The summed E-state index contributed by atoms with van der Waals surface area (Å²) in [5.41, 5.74) is 1.52. The van der Waals surface area contributed by atoms with Gasteiger partial charge in [0, 0.05) is 30.6 Å². The van der Waals surface area contributed by atoms with Gasteiger partial charge in [0.05, 0.1) is 5.69 Å². The quantitative estimate of drug-likeness (QED) is 0.940. The van der Waals surface area contributed by atoms with Crippen molar-refractivity contribution in [2.24, 2.45) is 0 Å². The first-order valence-corrected chi connectivity index (χ1v) is 7.15. The van der Waals surface area contributed by atoms with Crippen LogP contribution < -0.4 is 0 Å². The number of halogens is 2. The maximum absolute atomic E-state index is 12.4. The monoisotopic (exact) mass is 314 g/mol. The van der Waals surface area contributed by atoms with E-state index in [4.69, 9.17) is 5.11 Å². The fourth-order valence-electron chi connectivity index (χ4n) is 2.35. The number of carboxylic acid groups (broad SMARTS) is 1. The van der Waals surface area contributed by atoms with Crippen molar-refractivity contribution >= 4 is 17.3 Å². The minimum absolute atomic E-state index is 0.336. The van der Waals surface area contributed by atoms with Crippen molar-refractivity contribution in [2.75, 3.05) is 6.54 Å². The normalized spacial score (nSPS) is 15.4. The van der Waals surface area contributed by atoms with E-state index >= 15 is 0 Å². The van der Waals surface area contributed by atoms with Crippen LogP contribution in [0.1, 0.15) is 38.0 Å². The third-order valence-electron chi connectivity index (χ3n) is 3.35. The Morgan fingerprint density at radius 2 is 2.33 bits per heavy atom. The average Bonchev–Trinajstić information content (AvgIpc) is 3.04. The summed E-state index contributed by atoms with van der Waals surface area (Å²) in [5.74, 6) is -1.34. The zero-order valence-electron chi connectivity index (χ0n) is 10.9. The second-order valence-electron chi connectivity index (χ2n) is 4.85. The molecule has 0 amide bonds. The summed E-state index contributed by atoms with van der Waals surface area (Å²) >= 11 is 1.26. The van der Waals surface area contributed by atoms with Crippen molar-refractivity contribution in [3.8, 4) is 0 Å². The standard InChI is InChI=1S/C13H12F2N2O3S/c14-12(15)9-4-8(16-20-9)5-17-2-1-7-3-10(13(18)19)21-11(7)6-17/h3-4,12H,1-2,5-6H2,(H,18,19). The second kappa shape index (κ2) is 5.53. The van der Waals surface area contributed by atoms with Crippen LogP contribution >= 0.6 is 11.3 Å². The molecule has 2 aromatic heterocycles. The summed E-state index contributed by atoms with van der Waals surface area (Å²) in [5, 5.41) is 12.6. The molecule has 3 rings (SSSR count). The summed E-state index contributed by atoms with van der Waals surface area (Å²) in [6.45, 7) is 1.75. The number of alkyl halides is 2. The molecule has 0 unspecified atom stereocenters. The van der Waals surface area contributed by atoms with Gasteiger partial charge in [-0.2, -0.15) is 0 Å². The lowest BCUT2D eigenvalue weighted by Crippen LogP contribution is -2.29. The van der Waals surface area contributed by atoms with Crippen LogP contribution in [-0.4, -0.2) is 27.7 Å². The van der Waals surface area contributed by atoms with Gasteiger partial charge in [-0.1, -0.05) is 5.16 Å². The molecule has 0 radical (unpaired) electrons. The highest BCUT2D eigenvalue weighted by atomic mass is 32.1. The van der Waals surface area contributed by atoms with Crippen molar-refractivity contribution in [2.45, 2.75) is 25.9 Å². The summed E-state index contributed by atoms with van der Waals surface area (Å²) in [7, 11) is 0. The lowest BCUT2D eigenvalue weighted by Gasteiger charge is -2.25. The Labute approximate surface area is 122 Å². The van der Waals surface area contributed by atoms with Crippen molar-refractivity contribution in [1.29, 1.82) is 0 Å². The Bertz CT molecular complexity index is 668. The van der Waals surface area contributed by atoms with E-state index in [-0.39, 0.29) is 0 Å². The largest absolute Gasteiger partial charge is 0.477 e. The number of rotatable bonds is 4. The molecule has 0 saturated carbocycles. The van der Waals surface area contributed by atoms with Crippen LogP contribution in [0.5, 0.6) is 0 Å². The number of carboxylic acids is 1. The fourth-order valence-corrected chi connectivity index (χ4v) is 3.44. The van der Waals surface area contributed by atoms with Gasteiger partial charge in [-0.3, -0.25) is 4.90 Å². The molecule has 0 saturated heterocycles. The van der Waals surface area contributed by atoms with Crippen LogP contribution in [0.15, 0.2) is 16.7 Å². The molecule has 0 bridgehead atoms. The number of thiophene rings is 1. The highest BCUT2D eigenvalue weighted by Crippen LogP contribution is 2.29. The Balaban J connectivity index is 1.69. The highest BCUT2D eigenvalue weighted by Gasteiger charge is 2.23. The molecule has 2 aromatic rings. The molecule has 1 N–H and O–H groups in total. The molecule has 0 fully saturated rings. The number of nitrogens with zero attached hydrogens (tertiary/aromatic N) is 2. The van der Waals surface area contributed by atoms with E-state index < -0.39 is 18.2 Å². The van der Waals surface area contributed by atoms with Crippen LogP contribution in [0, 0.1) is 0 Å². The number of aromatic nitrogens is 1. The summed E-state index contributed by atoms with van der Waals surface area (Å²) in [6, 6.07) is 2.97. The van der Waals surface area contributed by atoms with Gasteiger partial charge in [0.15, 0.2) is 0 Å². The third-order valence-corrected chi connectivity index (χ3v) is 4.50. The molecular formula is C13H12F2N2O3S. The first kappa shape index (κ1) is 14.2. The molecule has 8 heteroatoms. The number of aromatic carboxylic acids is 1. The predicted molar refractivity (Wildman–Crippen MR) is 70.6 cm³/mol. The van der Waals surface area contributed by atoms with E-state index in [2.05, 4.69) is 9.68 Å². The lowest BCUT2D eigenvalue weighted by atomic mass is 10.1. The number of hydrogen-bond acceptors (Lipinski definition) is 5. The van der Waals surface area contributed by atoms with Crippen LogP contribution in [0.4, 0.5) is 8.78 Å². The molecule has 0 aliphatic carbocycles. The molecule has 5 nitrogen and oxygen atoms in total. The van der Waals surface area contributed by atoms with Crippen LogP contribution in [-0.2, 0) is 19.5 Å². The van der Waals surface area contributed by atoms with Gasteiger partial charge >= 0.3 is 5.97 Å². The smallest absolute Gasteiger partial charge is 0.345 e. The molecular weight excluding hydrogens is 302 g/mol. The predicted octanol–water partition coefficient (Wildman–Crippen LogP) is 2.93. The molecule has 1 aliphatic rings. The molecule has 112 valence electrons. The average molecular weight is 314 g/mol. The highest BCUT2D eigenvalue weighted by molar-refractivity contribution is 7.14. The summed E-state index contributed by atoms with van der Waals surface area (Å²) < 4.78 is 29.4. The molecule has 3 heterocycles. The number of carbonyl (C=O) groups is 1. The van der Waals surface area contributed by atoms with Crippen LogP contribution in [0.3, 0.4) is 0 Å². The number of hydrogen-bond donors (Lipinski definition) is 1. The van der Waals surface area contributed by atoms with Gasteiger partial charge in [0.1, 0.15) is 4.88 Å². The van der Waals surface area contributed by atoms with E-state index in [9.17, 15) is 13.6 Å². The van der Waals surface area contributed by atoms with E-state index in [1.54, 1.807) is 6.07 Å². The minimum Gasteiger partial charge on any atom is -0.477 e. The van der Waals surface area contributed by atoms with Crippen LogP contribution in [0.2, 0.25) is 0 Å². The maximum atomic E-state index is 12.4. The van der Waals surface area contributed by atoms with Gasteiger partial charge in [-0.05, 0) is 18.1 Å². The van der Waals surface area contributed by atoms with Gasteiger partial charge in [-0.15, -0.1) is 11.3 Å². The lowest BCUT2D eigenvalue weighted by molar-refractivity contribution is 0.0702. The first-order valence-electron chi connectivity index (χ1n) is 6.34. The Hall–Kier alpha value is -1.80. The summed E-state index contributed by atoms with van der Waals surface area (Å²) in [6.07, 6.45) is -1.91. The fraction of sp³-hybridized carbons (Fsp3) is 0.385. The van der Waals surface area contributed by atoms with E-state index in [0.29, 0.717) is 23.7 Å². The van der Waals surface area contributed by atoms with Gasteiger partial charge in [0.25, 0.3) is 6.43 Å². The zero-order valence-corrected chi connectivity index (χ0v) is 11.7. The Morgan fingerprint density at radius 3 is 3.00 bits per heavy atom. The van der Waals surface area contributed by atoms with E-state index in [0.717, 1.165) is 23.4 Å². The zero-order chi connectivity index (χ0) is 15.0. The second-order valence-corrected chi connectivity index (χ2v) is 5.98. The Kier molecular flexibility index (Phi) is 3.73.